The molecule has 1 aliphatic rings. The van der Waals surface area contributed by atoms with E-state index in [9.17, 15) is 10.1 Å². The monoisotopic (exact) mass is 328 g/mol. The molecule has 0 aromatic heterocycles. The standard InChI is InChI=1S/C18H20N2O4/c1-4-13-16(18(21)22-3)15(12(10-19)17(20)24-13)11-8-6-7-9-14(11)23-5-2/h6-9,15H,4-5,20H2,1-3H3/t15-/m0/s1. The van der Waals surface area contributed by atoms with E-state index in [4.69, 9.17) is 19.9 Å². The van der Waals surface area contributed by atoms with Crippen LogP contribution in [0.1, 0.15) is 31.7 Å². The number of carbonyl (C=O) groups excluding carboxylic acids is 1. The van der Waals surface area contributed by atoms with Crippen LogP contribution < -0.4 is 10.5 Å². The van der Waals surface area contributed by atoms with Gasteiger partial charge in [-0.15, -0.1) is 0 Å². The quantitative estimate of drug-likeness (QED) is 0.835. The summed E-state index contributed by atoms with van der Waals surface area (Å²) in [6, 6.07) is 9.30. The number of hydrogen-bond acceptors (Lipinski definition) is 6. The van der Waals surface area contributed by atoms with E-state index in [0.717, 1.165) is 0 Å². The van der Waals surface area contributed by atoms with Crippen LogP contribution in [0.2, 0.25) is 0 Å². The molecule has 2 rings (SSSR count). The third-order valence-corrected chi connectivity index (χ3v) is 3.75. The number of methoxy groups -OCH3 is 1. The second kappa shape index (κ2) is 7.55. The maximum atomic E-state index is 12.4. The molecule has 0 saturated carbocycles. The van der Waals surface area contributed by atoms with Gasteiger partial charge in [0.25, 0.3) is 0 Å². The zero-order valence-electron chi connectivity index (χ0n) is 14.0. The van der Waals surface area contributed by atoms with Crippen LogP contribution in [0.3, 0.4) is 0 Å². The number of nitriles is 1. The molecule has 0 unspecified atom stereocenters. The van der Waals surface area contributed by atoms with Crippen LogP contribution in [0.25, 0.3) is 0 Å². The van der Waals surface area contributed by atoms with Gasteiger partial charge in [-0.3, -0.25) is 0 Å². The second-order valence-corrected chi connectivity index (χ2v) is 5.08. The van der Waals surface area contributed by atoms with Gasteiger partial charge >= 0.3 is 5.97 Å². The first-order valence-corrected chi connectivity index (χ1v) is 7.69. The zero-order chi connectivity index (χ0) is 17.7. The van der Waals surface area contributed by atoms with E-state index >= 15 is 0 Å². The normalized spacial score (nSPS) is 17.2. The smallest absolute Gasteiger partial charge is 0.338 e. The first-order valence-electron chi connectivity index (χ1n) is 7.69. The molecule has 6 nitrogen and oxygen atoms in total. The lowest BCUT2D eigenvalue weighted by molar-refractivity contribution is -0.136. The Labute approximate surface area is 141 Å². The fourth-order valence-corrected chi connectivity index (χ4v) is 2.73. The molecule has 0 spiro atoms. The Morgan fingerprint density at radius 3 is 2.67 bits per heavy atom. The third-order valence-electron chi connectivity index (χ3n) is 3.75. The summed E-state index contributed by atoms with van der Waals surface area (Å²) in [5.74, 6) is -0.255. The SMILES string of the molecule is CCOc1ccccc1[C@H]1C(C#N)=C(N)OC(CC)=C1C(=O)OC. The predicted octanol–water partition coefficient (Wildman–Crippen LogP) is 2.73. The average Bonchev–Trinajstić information content (AvgIpc) is 2.60. The molecular formula is C18H20N2O4. The number of hydrogen-bond donors (Lipinski definition) is 1. The topological polar surface area (TPSA) is 94.6 Å². The largest absolute Gasteiger partial charge is 0.494 e. The van der Waals surface area contributed by atoms with Crippen LogP contribution in [0.4, 0.5) is 0 Å². The molecule has 0 bridgehead atoms. The van der Waals surface area contributed by atoms with Crippen molar-refractivity contribution < 1.29 is 19.0 Å². The summed E-state index contributed by atoms with van der Waals surface area (Å²) in [5.41, 5.74) is 7.04. The summed E-state index contributed by atoms with van der Waals surface area (Å²) in [6.45, 7) is 4.17. The molecule has 6 heteroatoms. The summed E-state index contributed by atoms with van der Waals surface area (Å²) < 4.78 is 16.1. The average molecular weight is 328 g/mol. The summed E-state index contributed by atoms with van der Waals surface area (Å²) in [6.07, 6.45) is 0.442. The van der Waals surface area contributed by atoms with Crippen LogP contribution in [-0.2, 0) is 14.3 Å². The summed E-state index contributed by atoms with van der Waals surface area (Å²) in [7, 11) is 1.29. The second-order valence-electron chi connectivity index (χ2n) is 5.08. The maximum absolute atomic E-state index is 12.4. The van der Waals surface area contributed by atoms with Gasteiger partial charge in [-0.2, -0.15) is 5.26 Å². The van der Waals surface area contributed by atoms with E-state index in [1.165, 1.54) is 7.11 Å². The Hall–Kier alpha value is -2.94. The number of para-hydroxylation sites is 1. The van der Waals surface area contributed by atoms with Gasteiger partial charge in [0.15, 0.2) is 0 Å². The van der Waals surface area contributed by atoms with Crippen molar-refractivity contribution in [3.63, 3.8) is 0 Å². The molecule has 1 atom stereocenters. The highest BCUT2D eigenvalue weighted by molar-refractivity contribution is 5.92. The number of nitrogens with two attached hydrogens (primary N) is 1. The Morgan fingerprint density at radius 1 is 1.38 bits per heavy atom. The van der Waals surface area contributed by atoms with Gasteiger partial charge in [-0.1, -0.05) is 25.1 Å². The summed E-state index contributed by atoms with van der Waals surface area (Å²) in [4.78, 5) is 12.4. The molecule has 0 radical (unpaired) electrons. The van der Waals surface area contributed by atoms with Crippen molar-refractivity contribution in [1.82, 2.24) is 0 Å². The fourth-order valence-electron chi connectivity index (χ4n) is 2.73. The van der Waals surface area contributed by atoms with Crippen molar-refractivity contribution in [1.29, 1.82) is 5.26 Å². The number of esters is 1. The molecule has 126 valence electrons. The molecule has 0 amide bonds. The van der Waals surface area contributed by atoms with Crippen LogP contribution in [0.5, 0.6) is 5.75 Å². The summed E-state index contributed by atoms with van der Waals surface area (Å²) >= 11 is 0. The molecule has 1 aromatic carbocycles. The number of allylic oxidation sites excluding steroid dienone is 2. The summed E-state index contributed by atoms with van der Waals surface area (Å²) in [5, 5.41) is 9.56. The molecule has 24 heavy (non-hydrogen) atoms. The van der Waals surface area contributed by atoms with Gasteiger partial charge in [-0.25, -0.2) is 4.79 Å². The number of ether oxygens (including phenoxy) is 3. The van der Waals surface area contributed by atoms with Gasteiger partial charge in [-0.05, 0) is 13.0 Å². The first-order chi connectivity index (χ1) is 11.6. The molecule has 1 aliphatic heterocycles. The number of rotatable bonds is 5. The Bertz CT molecular complexity index is 744. The lowest BCUT2D eigenvalue weighted by atomic mass is 9.82. The Balaban J connectivity index is 2.72. The third kappa shape index (κ3) is 3.06. The van der Waals surface area contributed by atoms with Crippen LogP contribution in [-0.4, -0.2) is 19.7 Å². The van der Waals surface area contributed by atoms with Gasteiger partial charge < -0.3 is 19.9 Å². The van der Waals surface area contributed by atoms with Crippen LogP contribution >= 0.6 is 0 Å². The van der Waals surface area contributed by atoms with Crippen molar-refractivity contribution in [2.75, 3.05) is 13.7 Å². The van der Waals surface area contributed by atoms with Crippen LogP contribution in [0.15, 0.2) is 47.1 Å². The van der Waals surface area contributed by atoms with E-state index in [1.807, 2.05) is 32.0 Å². The molecule has 0 fully saturated rings. The first kappa shape index (κ1) is 17.4. The van der Waals surface area contributed by atoms with E-state index in [0.29, 0.717) is 30.1 Å². The van der Waals surface area contributed by atoms with Gasteiger partial charge in [0, 0.05) is 12.0 Å². The molecule has 0 aliphatic carbocycles. The highest BCUT2D eigenvalue weighted by Crippen LogP contribution is 2.43. The number of carbonyl (C=O) groups is 1. The highest BCUT2D eigenvalue weighted by Gasteiger charge is 2.38. The predicted molar refractivity (Wildman–Crippen MR) is 87.6 cm³/mol. The number of nitrogens with zero attached hydrogens (tertiary/aromatic N) is 1. The van der Waals surface area contributed by atoms with Crippen molar-refractivity contribution in [2.45, 2.75) is 26.2 Å². The lowest BCUT2D eigenvalue weighted by Gasteiger charge is -2.28. The molecular weight excluding hydrogens is 308 g/mol. The molecule has 0 saturated heterocycles. The van der Waals surface area contributed by atoms with Crippen LogP contribution in [0, 0.1) is 11.3 Å². The highest BCUT2D eigenvalue weighted by atomic mass is 16.5. The van der Waals surface area contributed by atoms with Crippen molar-refractivity contribution in [3.8, 4) is 11.8 Å². The van der Waals surface area contributed by atoms with Crippen molar-refractivity contribution in [3.05, 3.63) is 52.6 Å². The maximum Gasteiger partial charge on any atom is 0.338 e. The van der Waals surface area contributed by atoms with Crippen molar-refractivity contribution >= 4 is 5.97 Å². The minimum absolute atomic E-state index is 0.00157. The molecule has 1 heterocycles. The van der Waals surface area contributed by atoms with Gasteiger partial charge in [0.1, 0.15) is 23.2 Å². The molecule has 1 aromatic rings. The molecule has 2 N–H and O–H groups in total. The van der Waals surface area contributed by atoms with E-state index in [-0.39, 0.29) is 17.0 Å². The number of benzene rings is 1. The Morgan fingerprint density at radius 2 is 2.08 bits per heavy atom. The minimum Gasteiger partial charge on any atom is -0.494 e. The van der Waals surface area contributed by atoms with E-state index in [1.54, 1.807) is 6.07 Å². The van der Waals surface area contributed by atoms with E-state index < -0.39 is 11.9 Å². The Kier molecular flexibility index (Phi) is 5.48. The lowest BCUT2D eigenvalue weighted by Crippen LogP contribution is -2.26. The fraction of sp³-hybridized carbons (Fsp3) is 0.333. The van der Waals surface area contributed by atoms with Gasteiger partial charge in [0.05, 0.1) is 25.2 Å². The zero-order valence-corrected chi connectivity index (χ0v) is 14.0. The van der Waals surface area contributed by atoms with Crippen molar-refractivity contribution in [2.24, 2.45) is 5.73 Å². The minimum atomic E-state index is -0.686. The van der Waals surface area contributed by atoms with Gasteiger partial charge in [0.2, 0.25) is 5.88 Å². The van der Waals surface area contributed by atoms with E-state index in [2.05, 4.69) is 6.07 Å².